The van der Waals surface area contributed by atoms with Gasteiger partial charge in [-0.2, -0.15) is 0 Å². The topological polar surface area (TPSA) is 71.1 Å². The van der Waals surface area contributed by atoms with Crippen molar-refractivity contribution in [3.05, 3.63) is 12.2 Å². The molecule has 0 aromatic heterocycles. The Morgan fingerprint density at radius 1 is 0.938 bits per heavy atom. The van der Waals surface area contributed by atoms with Crippen LogP contribution in [0, 0.1) is 0 Å². The third-order valence-corrected chi connectivity index (χ3v) is 2.10. The van der Waals surface area contributed by atoms with E-state index in [4.69, 9.17) is 9.47 Å². The summed E-state index contributed by atoms with van der Waals surface area (Å²) >= 11 is 0. The Bertz CT molecular complexity index is 257. The summed E-state index contributed by atoms with van der Waals surface area (Å²) in [5.74, 6) is 0. The number of carbonyl (C=O) groups is 2. The number of hydrogen-bond acceptors (Lipinski definition) is 6. The second kappa shape index (κ2) is 5.99. The predicted molar refractivity (Wildman–Crippen MR) is 52.9 cm³/mol. The summed E-state index contributed by atoms with van der Waals surface area (Å²) in [4.78, 5) is 21.6. The van der Waals surface area contributed by atoms with E-state index in [0.717, 1.165) is 0 Å². The number of carbonyl (C=O) groups excluding carboxylic acids is 2. The summed E-state index contributed by atoms with van der Waals surface area (Å²) in [5, 5.41) is 0. The number of rotatable bonds is 2. The molecular formula is C10H14O6. The van der Waals surface area contributed by atoms with Gasteiger partial charge in [0.25, 0.3) is 0 Å². The Morgan fingerprint density at radius 3 is 1.56 bits per heavy atom. The fourth-order valence-corrected chi connectivity index (χ4v) is 1.31. The fourth-order valence-electron chi connectivity index (χ4n) is 1.31. The third-order valence-electron chi connectivity index (χ3n) is 2.10. The quantitative estimate of drug-likeness (QED) is 0.530. The van der Waals surface area contributed by atoms with Gasteiger partial charge in [0, 0.05) is 0 Å². The van der Waals surface area contributed by atoms with Gasteiger partial charge in [0.2, 0.25) is 0 Å². The second-order valence-electron chi connectivity index (χ2n) is 3.18. The zero-order chi connectivity index (χ0) is 12.0. The van der Waals surface area contributed by atoms with E-state index in [1.54, 1.807) is 12.2 Å². The molecule has 0 bridgehead atoms. The molecule has 0 aromatic carbocycles. The van der Waals surface area contributed by atoms with Crippen LogP contribution in [0.1, 0.15) is 12.8 Å². The van der Waals surface area contributed by atoms with Crippen molar-refractivity contribution in [2.45, 2.75) is 25.0 Å². The Balaban J connectivity index is 2.36. The Kier molecular flexibility index (Phi) is 4.63. The van der Waals surface area contributed by atoms with Gasteiger partial charge in [0.1, 0.15) is 12.2 Å². The average molecular weight is 230 g/mol. The highest BCUT2D eigenvalue weighted by atomic mass is 16.7. The summed E-state index contributed by atoms with van der Waals surface area (Å²) < 4.78 is 18.5. The zero-order valence-electron chi connectivity index (χ0n) is 9.17. The van der Waals surface area contributed by atoms with E-state index in [-0.39, 0.29) is 12.2 Å². The molecule has 0 aromatic rings. The van der Waals surface area contributed by atoms with Crippen LogP contribution in [0.25, 0.3) is 0 Å². The normalized spacial score (nSPS) is 23.4. The van der Waals surface area contributed by atoms with Crippen LogP contribution in [0.15, 0.2) is 12.2 Å². The van der Waals surface area contributed by atoms with Crippen molar-refractivity contribution in [3.63, 3.8) is 0 Å². The minimum absolute atomic E-state index is 0.329. The van der Waals surface area contributed by atoms with Gasteiger partial charge in [-0.3, -0.25) is 0 Å². The van der Waals surface area contributed by atoms with Crippen LogP contribution in [-0.4, -0.2) is 38.7 Å². The molecule has 0 amide bonds. The van der Waals surface area contributed by atoms with Gasteiger partial charge in [-0.1, -0.05) is 0 Å². The van der Waals surface area contributed by atoms with Crippen LogP contribution in [0.2, 0.25) is 0 Å². The largest absolute Gasteiger partial charge is 0.508 e. The molecule has 1 aliphatic carbocycles. The molecule has 0 spiro atoms. The van der Waals surface area contributed by atoms with E-state index >= 15 is 0 Å². The van der Waals surface area contributed by atoms with Gasteiger partial charge in [0.15, 0.2) is 0 Å². The lowest BCUT2D eigenvalue weighted by Crippen LogP contribution is -2.25. The molecule has 0 aliphatic heterocycles. The SMILES string of the molecule is COC(=O)O[C@@H]1C=C[C@@H](OC(=O)OC)CC1. The Morgan fingerprint density at radius 2 is 1.31 bits per heavy atom. The molecule has 6 nitrogen and oxygen atoms in total. The maximum atomic E-state index is 10.8. The van der Waals surface area contributed by atoms with E-state index < -0.39 is 12.3 Å². The summed E-state index contributed by atoms with van der Waals surface area (Å²) in [7, 11) is 2.50. The van der Waals surface area contributed by atoms with Gasteiger partial charge < -0.3 is 18.9 Å². The molecular weight excluding hydrogens is 216 g/mol. The molecule has 0 fully saturated rings. The highest BCUT2D eigenvalue weighted by Gasteiger charge is 2.21. The van der Waals surface area contributed by atoms with Crippen LogP contribution in [0.4, 0.5) is 9.59 Å². The summed E-state index contributed by atoms with van der Waals surface area (Å²) in [6, 6.07) is 0. The Hall–Kier alpha value is -1.72. The predicted octanol–water partition coefficient (Wildman–Crippen LogP) is 1.64. The summed E-state index contributed by atoms with van der Waals surface area (Å²) in [5.41, 5.74) is 0. The molecule has 0 unspecified atom stereocenters. The van der Waals surface area contributed by atoms with Crippen molar-refractivity contribution in [2.24, 2.45) is 0 Å². The third kappa shape index (κ3) is 3.80. The first-order valence-corrected chi connectivity index (χ1v) is 4.83. The average Bonchev–Trinajstić information content (AvgIpc) is 2.31. The van der Waals surface area contributed by atoms with Crippen LogP contribution in [-0.2, 0) is 18.9 Å². The molecule has 90 valence electrons. The van der Waals surface area contributed by atoms with E-state index in [0.29, 0.717) is 12.8 Å². The minimum atomic E-state index is -0.720. The summed E-state index contributed by atoms with van der Waals surface area (Å²) in [6.45, 7) is 0. The Labute approximate surface area is 93.1 Å². The standard InChI is InChI=1S/C10H14O6/c1-13-9(11)15-7-3-5-8(6-4-7)16-10(12)14-2/h3,5,7-8H,4,6H2,1-2H3/t7-,8-/m1/s1. The summed E-state index contributed by atoms with van der Waals surface area (Å²) in [6.07, 6.45) is 2.38. The molecule has 0 saturated carbocycles. The van der Waals surface area contributed by atoms with E-state index in [9.17, 15) is 9.59 Å². The highest BCUT2D eigenvalue weighted by molar-refractivity contribution is 5.60. The fraction of sp³-hybridized carbons (Fsp3) is 0.600. The molecule has 1 rings (SSSR count). The van der Waals surface area contributed by atoms with Crippen LogP contribution < -0.4 is 0 Å². The maximum absolute atomic E-state index is 10.8. The molecule has 1 aliphatic rings. The van der Waals surface area contributed by atoms with Crippen molar-refractivity contribution in [3.8, 4) is 0 Å². The number of methoxy groups -OCH3 is 2. The monoisotopic (exact) mass is 230 g/mol. The molecule has 0 radical (unpaired) electrons. The van der Waals surface area contributed by atoms with E-state index in [1.165, 1.54) is 14.2 Å². The van der Waals surface area contributed by atoms with Crippen LogP contribution in [0.3, 0.4) is 0 Å². The number of ether oxygens (including phenoxy) is 4. The molecule has 0 saturated heterocycles. The first-order chi connectivity index (χ1) is 7.65. The van der Waals surface area contributed by atoms with Crippen molar-refractivity contribution in [1.29, 1.82) is 0 Å². The maximum Gasteiger partial charge on any atom is 0.508 e. The van der Waals surface area contributed by atoms with Crippen molar-refractivity contribution in [1.82, 2.24) is 0 Å². The van der Waals surface area contributed by atoms with Gasteiger partial charge in [-0.25, -0.2) is 9.59 Å². The van der Waals surface area contributed by atoms with Crippen LogP contribution in [0.5, 0.6) is 0 Å². The van der Waals surface area contributed by atoms with Gasteiger partial charge >= 0.3 is 12.3 Å². The van der Waals surface area contributed by atoms with Gasteiger partial charge in [0.05, 0.1) is 14.2 Å². The van der Waals surface area contributed by atoms with Crippen molar-refractivity contribution in [2.75, 3.05) is 14.2 Å². The van der Waals surface area contributed by atoms with Crippen molar-refractivity contribution >= 4 is 12.3 Å². The molecule has 6 heteroatoms. The van der Waals surface area contributed by atoms with Crippen molar-refractivity contribution < 1.29 is 28.5 Å². The van der Waals surface area contributed by atoms with E-state index in [1.807, 2.05) is 0 Å². The smallest absolute Gasteiger partial charge is 0.438 e. The molecule has 2 atom stereocenters. The molecule has 0 N–H and O–H groups in total. The highest BCUT2D eigenvalue weighted by Crippen LogP contribution is 2.17. The second-order valence-corrected chi connectivity index (χ2v) is 3.18. The molecule has 16 heavy (non-hydrogen) atoms. The van der Waals surface area contributed by atoms with Crippen LogP contribution >= 0.6 is 0 Å². The minimum Gasteiger partial charge on any atom is -0.438 e. The lowest BCUT2D eigenvalue weighted by atomic mass is 10.0. The number of hydrogen-bond donors (Lipinski definition) is 0. The molecule has 0 heterocycles. The first-order valence-electron chi connectivity index (χ1n) is 4.83. The lowest BCUT2D eigenvalue weighted by molar-refractivity contribution is 0.0254. The van der Waals surface area contributed by atoms with Gasteiger partial charge in [-0.05, 0) is 25.0 Å². The van der Waals surface area contributed by atoms with Gasteiger partial charge in [-0.15, -0.1) is 0 Å². The van der Waals surface area contributed by atoms with E-state index in [2.05, 4.69) is 9.47 Å². The lowest BCUT2D eigenvalue weighted by Gasteiger charge is -2.21. The zero-order valence-corrected chi connectivity index (χ0v) is 9.17. The first kappa shape index (κ1) is 12.4.